The van der Waals surface area contributed by atoms with E-state index in [0.717, 1.165) is 39.3 Å². The Balaban J connectivity index is 2.30. The zero-order chi connectivity index (χ0) is 14.1. The highest BCUT2D eigenvalue weighted by molar-refractivity contribution is 6.30. The molecule has 1 amide bonds. The summed E-state index contributed by atoms with van der Waals surface area (Å²) in [5, 5.41) is 8.10. The number of alkyl halides is 1. The van der Waals surface area contributed by atoms with Gasteiger partial charge in [0.2, 0.25) is 5.91 Å². The van der Waals surface area contributed by atoms with E-state index in [-0.39, 0.29) is 5.91 Å². The Morgan fingerprint density at radius 1 is 1.47 bits per heavy atom. The summed E-state index contributed by atoms with van der Waals surface area (Å²) in [7, 11) is 0. The van der Waals surface area contributed by atoms with Crippen LogP contribution in [0.25, 0.3) is 0 Å². The van der Waals surface area contributed by atoms with E-state index in [1.54, 1.807) is 11.8 Å². The normalized spacial score (nSPS) is 17.7. The smallest absolute Gasteiger partial charge is 0.240 e. The van der Waals surface area contributed by atoms with Crippen LogP contribution >= 0.6 is 11.6 Å². The van der Waals surface area contributed by atoms with Gasteiger partial charge in [-0.1, -0.05) is 0 Å². The van der Waals surface area contributed by atoms with E-state index in [9.17, 15) is 4.79 Å². The highest BCUT2D eigenvalue weighted by Crippen LogP contribution is 2.05. The standard InChI is InChI=1S/C13H22ClN3O2/c1-12(14)13(18)17(6-2-4-15)7-3-5-16-8-10-19-11-9-16/h12H,2-3,5-11H2,1H3. The van der Waals surface area contributed by atoms with Crippen molar-refractivity contribution in [1.82, 2.24) is 9.80 Å². The van der Waals surface area contributed by atoms with Crippen LogP contribution in [0.5, 0.6) is 0 Å². The first-order valence-electron chi connectivity index (χ1n) is 6.75. The van der Waals surface area contributed by atoms with Gasteiger partial charge in [0.25, 0.3) is 0 Å². The second kappa shape index (κ2) is 9.13. The van der Waals surface area contributed by atoms with Gasteiger partial charge in [-0.2, -0.15) is 5.26 Å². The molecule has 0 bridgehead atoms. The predicted molar refractivity (Wildman–Crippen MR) is 74.0 cm³/mol. The Morgan fingerprint density at radius 2 is 2.16 bits per heavy atom. The summed E-state index contributed by atoms with van der Waals surface area (Å²) < 4.78 is 5.29. The molecule has 0 aromatic heterocycles. The van der Waals surface area contributed by atoms with Crippen molar-refractivity contribution in [2.24, 2.45) is 0 Å². The molecule has 108 valence electrons. The van der Waals surface area contributed by atoms with Crippen LogP contribution in [0, 0.1) is 11.3 Å². The monoisotopic (exact) mass is 287 g/mol. The number of nitriles is 1. The maximum Gasteiger partial charge on any atom is 0.240 e. The fourth-order valence-corrected chi connectivity index (χ4v) is 2.22. The lowest BCUT2D eigenvalue weighted by molar-refractivity contribution is -0.130. The molecule has 1 saturated heterocycles. The summed E-state index contributed by atoms with van der Waals surface area (Å²) in [5.41, 5.74) is 0. The average molecular weight is 288 g/mol. The van der Waals surface area contributed by atoms with Crippen LogP contribution < -0.4 is 0 Å². The molecule has 0 aliphatic carbocycles. The Bertz CT molecular complexity index is 312. The van der Waals surface area contributed by atoms with Gasteiger partial charge in [-0.05, 0) is 13.3 Å². The van der Waals surface area contributed by atoms with Gasteiger partial charge in [-0.25, -0.2) is 0 Å². The number of halogens is 1. The van der Waals surface area contributed by atoms with Gasteiger partial charge in [0, 0.05) is 32.7 Å². The van der Waals surface area contributed by atoms with E-state index in [1.165, 1.54) is 0 Å². The SMILES string of the molecule is CC(Cl)C(=O)N(CCC#N)CCCN1CCOCC1. The molecule has 19 heavy (non-hydrogen) atoms. The first-order valence-corrected chi connectivity index (χ1v) is 7.18. The third-order valence-corrected chi connectivity index (χ3v) is 3.34. The Labute approximate surface area is 120 Å². The van der Waals surface area contributed by atoms with Crippen molar-refractivity contribution in [3.63, 3.8) is 0 Å². The third-order valence-electron chi connectivity index (χ3n) is 3.15. The number of rotatable bonds is 7. The molecule has 1 aliphatic heterocycles. The number of ether oxygens (including phenoxy) is 1. The summed E-state index contributed by atoms with van der Waals surface area (Å²) in [5.74, 6) is -0.0844. The molecule has 0 spiro atoms. The van der Waals surface area contributed by atoms with Crippen LogP contribution in [0.4, 0.5) is 0 Å². The largest absolute Gasteiger partial charge is 0.379 e. The lowest BCUT2D eigenvalue weighted by Crippen LogP contribution is -2.40. The van der Waals surface area contributed by atoms with E-state index in [1.807, 2.05) is 0 Å². The number of morpholine rings is 1. The molecule has 0 N–H and O–H groups in total. The highest BCUT2D eigenvalue weighted by atomic mass is 35.5. The molecule has 0 aromatic rings. The van der Waals surface area contributed by atoms with Gasteiger partial charge in [0.15, 0.2) is 0 Å². The summed E-state index contributed by atoms with van der Waals surface area (Å²) in [4.78, 5) is 15.9. The van der Waals surface area contributed by atoms with Crippen LogP contribution in [0.2, 0.25) is 0 Å². The number of nitrogens with zero attached hydrogens (tertiary/aromatic N) is 3. The van der Waals surface area contributed by atoms with Crippen molar-refractivity contribution in [2.45, 2.75) is 25.1 Å². The molecular weight excluding hydrogens is 266 g/mol. The number of amides is 1. The predicted octanol–water partition coefficient (Wildman–Crippen LogP) is 1.08. The van der Waals surface area contributed by atoms with Gasteiger partial charge in [-0.15, -0.1) is 11.6 Å². The van der Waals surface area contributed by atoms with Crippen LogP contribution in [-0.4, -0.2) is 67.0 Å². The molecule has 1 aliphatic rings. The van der Waals surface area contributed by atoms with Crippen molar-refractivity contribution in [3.8, 4) is 6.07 Å². The summed E-state index contributed by atoms with van der Waals surface area (Å²) >= 11 is 5.83. The third kappa shape index (κ3) is 6.24. The molecule has 1 fully saturated rings. The van der Waals surface area contributed by atoms with Crippen molar-refractivity contribution >= 4 is 17.5 Å². The second-order valence-electron chi connectivity index (χ2n) is 4.66. The lowest BCUT2D eigenvalue weighted by Gasteiger charge is -2.28. The highest BCUT2D eigenvalue weighted by Gasteiger charge is 2.18. The molecule has 1 atom stereocenters. The van der Waals surface area contributed by atoms with E-state index in [4.69, 9.17) is 21.6 Å². The number of hydrogen-bond donors (Lipinski definition) is 0. The topological polar surface area (TPSA) is 56.6 Å². The minimum absolute atomic E-state index is 0.0844. The molecule has 5 nitrogen and oxygen atoms in total. The van der Waals surface area contributed by atoms with Crippen LogP contribution in [0.3, 0.4) is 0 Å². The van der Waals surface area contributed by atoms with Crippen LogP contribution in [0.15, 0.2) is 0 Å². The van der Waals surface area contributed by atoms with E-state index in [2.05, 4.69) is 11.0 Å². The van der Waals surface area contributed by atoms with Crippen molar-refractivity contribution in [2.75, 3.05) is 45.9 Å². The van der Waals surface area contributed by atoms with E-state index < -0.39 is 5.38 Å². The van der Waals surface area contributed by atoms with Gasteiger partial charge in [0.05, 0.1) is 25.7 Å². The summed E-state index contributed by atoms with van der Waals surface area (Å²) in [6, 6.07) is 2.07. The maximum atomic E-state index is 11.9. The average Bonchev–Trinajstić information content (AvgIpc) is 2.43. The number of carbonyl (C=O) groups is 1. The Hall–Kier alpha value is -0.830. The summed E-state index contributed by atoms with van der Waals surface area (Å²) in [6.45, 7) is 7.24. The maximum absolute atomic E-state index is 11.9. The van der Waals surface area contributed by atoms with Crippen LogP contribution in [-0.2, 0) is 9.53 Å². The fraction of sp³-hybridized carbons (Fsp3) is 0.846. The minimum atomic E-state index is -0.526. The molecule has 0 aromatic carbocycles. The molecular formula is C13H22ClN3O2. The zero-order valence-corrected chi connectivity index (χ0v) is 12.2. The molecule has 6 heteroatoms. The minimum Gasteiger partial charge on any atom is -0.379 e. The lowest BCUT2D eigenvalue weighted by atomic mass is 10.2. The quantitative estimate of drug-likeness (QED) is 0.658. The molecule has 0 saturated carbocycles. The Morgan fingerprint density at radius 3 is 2.74 bits per heavy atom. The molecule has 1 unspecified atom stereocenters. The zero-order valence-electron chi connectivity index (χ0n) is 11.5. The van der Waals surface area contributed by atoms with Crippen LogP contribution in [0.1, 0.15) is 19.8 Å². The van der Waals surface area contributed by atoms with Gasteiger partial charge >= 0.3 is 0 Å². The van der Waals surface area contributed by atoms with Gasteiger partial charge in [0.1, 0.15) is 5.38 Å². The molecule has 1 heterocycles. The first kappa shape index (κ1) is 16.2. The number of carbonyl (C=O) groups excluding carboxylic acids is 1. The van der Waals surface area contributed by atoms with E-state index >= 15 is 0 Å². The van der Waals surface area contributed by atoms with Crippen molar-refractivity contribution < 1.29 is 9.53 Å². The van der Waals surface area contributed by atoms with Crippen molar-refractivity contribution in [1.29, 1.82) is 5.26 Å². The van der Waals surface area contributed by atoms with Gasteiger partial charge < -0.3 is 9.64 Å². The molecule has 0 radical (unpaired) electrons. The van der Waals surface area contributed by atoms with Crippen molar-refractivity contribution in [3.05, 3.63) is 0 Å². The fourth-order valence-electron chi connectivity index (χ4n) is 2.08. The van der Waals surface area contributed by atoms with E-state index in [0.29, 0.717) is 19.5 Å². The summed E-state index contributed by atoms with van der Waals surface area (Å²) in [6.07, 6.45) is 1.26. The Kier molecular flexibility index (Phi) is 7.80. The first-order chi connectivity index (χ1) is 9.15. The van der Waals surface area contributed by atoms with Gasteiger partial charge in [-0.3, -0.25) is 9.69 Å². The number of hydrogen-bond acceptors (Lipinski definition) is 4. The second-order valence-corrected chi connectivity index (χ2v) is 5.31. The molecule has 1 rings (SSSR count).